The molecule has 31 heavy (non-hydrogen) atoms. The average Bonchev–Trinajstić information content (AvgIpc) is 2.93. The van der Waals surface area contributed by atoms with Crippen LogP contribution in [-0.2, 0) is 16.4 Å². The zero-order chi connectivity index (χ0) is 22.6. The summed E-state index contributed by atoms with van der Waals surface area (Å²) in [5.41, 5.74) is -1.35. The number of carbonyl (C=O) groups is 2. The number of halogens is 3. The van der Waals surface area contributed by atoms with E-state index in [0.717, 1.165) is 12.1 Å². The van der Waals surface area contributed by atoms with E-state index in [4.69, 9.17) is 0 Å². The summed E-state index contributed by atoms with van der Waals surface area (Å²) < 4.78 is 39.7. The summed E-state index contributed by atoms with van der Waals surface area (Å²) in [5, 5.41) is 9.35. The van der Waals surface area contributed by atoms with E-state index >= 15 is 0 Å². The Morgan fingerprint density at radius 2 is 1.74 bits per heavy atom. The zero-order valence-corrected chi connectivity index (χ0v) is 16.4. The first kappa shape index (κ1) is 20.5. The topological polar surface area (TPSA) is 83.4 Å². The van der Waals surface area contributed by atoms with Crippen LogP contribution in [0.1, 0.15) is 35.3 Å². The van der Waals surface area contributed by atoms with Crippen molar-refractivity contribution in [3.8, 4) is 11.1 Å². The van der Waals surface area contributed by atoms with Gasteiger partial charge in [0.25, 0.3) is 0 Å². The van der Waals surface area contributed by atoms with Crippen LogP contribution in [0.3, 0.4) is 0 Å². The normalized spacial score (nSPS) is 15.1. The molecule has 0 atom stereocenters. The third-order valence-corrected chi connectivity index (χ3v) is 5.26. The average molecular weight is 427 g/mol. The van der Waals surface area contributed by atoms with Crippen molar-refractivity contribution < 1.29 is 27.9 Å². The molecule has 0 saturated heterocycles. The number of fused-ring (bicyclic) bond motifs is 1. The van der Waals surface area contributed by atoms with Crippen molar-refractivity contribution in [1.29, 1.82) is 0 Å². The summed E-state index contributed by atoms with van der Waals surface area (Å²) in [4.78, 5) is 34.4. The van der Waals surface area contributed by atoms with Gasteiger partial charge in [-0.05, 0) is 54.8 Å². The summed E-state index contributed by atoms with van der Waals surface area (Å²) in [7, 11) is 0. The molecular formula is C22H16F3N3O3. The summed E-state index contributed by atoms with van der Waals surface area (Å²) in [6, 6.07) is 9.57. The number of alkyl halides is 3. The third-order valence-electron chi connectivity index (χ3n) is 5.26. The van der Waals surface area contributed by atoms with Gasteiger partial charge in [-0.15, -0.1) is 0 Å². The van der Waals surface area contributed by atoms with Gasteiger partial charge in [-0.2, -0.15) is 13.2 Å². The van der Waals surface area contributed by atoms with E-state index in [0.29, 0.717) is 16.8 Å². The highest BCUT2D eigenvalue weighted by Gasteiger charge is 2.47. The van der Waals surface area contributed by atoms with E-state index in [1.807, 2.05) is 0 Å². The summed E-state index contributed by atoms with van der Waals surface area (Å²) in [6.07, 6.45) is -1.81. The Morgan fingerprint density at radius 1 is 1.06 bits per heavy atom. The minimum atomic E-state index is -4.80. The van der Waals surface area contributed by atoms with Crippen LogP contribution in [0.15, 0.2) is 54.9 Å². The van der Waals surface area contributed by atoms with Crippen LogP contribution in [0.25, 0.3) is 11.1 Å². The van der Waals surface area contributed by atoms with Crippen LogP contribution >= 0.6 is 0 Å². The molecule has 1 N–H and O–H groups in total. The minimum absolute atomic E-state index is 0.176. The van der Waals surface area contributed by atoms with E-state index in [1.165, 1.54) is 23.4 Å². The fraction of sp³-hybridized carbons (Fsp3) is 0.182. The van der Waals surface area contributed by atoms with Crippen molar-refractivity contribution in [3.05, 3.63) is 71.5 Å². The van der Waals surface area contributed by atoms with Crippen LogP contribution in [-0.4, -0.2) is 27.0 Å². The van der Waals surface area contributed by atoms with Gasteiger partial charge < -0.3 is 5.11 Å². The monoisotopic (exact) mass is 427 g/mol. The molecule has 4 rings (SSSR count). The molecule has 0 unspecified atom stereocenters. The number of hydrogen-bond donors (Lipinski definition) is 1. The Bertz CT molecular complexity index is 1210. The van der Waals surface area contributed by atoms with Gasteiger partial charge in [-0.3, -0.25) is 4.79 Å². The summed E-state index contributed by atoms with van der Waals surface area (Å²) >= 11 is 0. The Hall–Kier alpha value is -3.75. The second-order valence-electron chi connectivity index (χ2n) is 7.58. The lowest BCUT2D eigenvalue weighted by atomic mass is 9.81. The Labute approximate surface area is 175 Å². The molecule has 0 aliphatic carbocycles. The van der Waals surface area contributed by atoms with Gasteiger partial charge >= 0.3 is 12.1 Å². The molecule has 1 aromatic heterocycles. The van der Waals surface area contributed by atoms with Crippen LogP contribution < -0.4 is 4.90 Å². The van der Waals surface area contributed by atoms with Crippen LogP contribution in [0.2, 0.25) is 0 Å². The number of hydrogen-bond acceptors (Lipinski definition) is 4. The van der Waals surface area contributed by atoms with E-state index in [-0.39, 0.29) is 17.4 Å². The van der Waals surface area contributed by atoms with Crippen molar-refractivity contribution in [2.45, 2.75) is 25.4 Å². The maximum Gasteiger partial charge on any atom is 0.417 e. The van der Waals surface area contributed by atoms with Crippen molar-refractivity contribution >= 4 is 23.5 Å². The van der Waals surface area contributed by atoms with Crippen molar-refractivity contribution in [1.82, 2.24) is 9.97 Å². The van der Waals surface area contributed by atoms with Crippen molar-refractivity contribution in [3.63, 3.8) is 0 Å². The Morgan fingerprint density at radius 3 is 2.35 bits per heavy atom. The van der Waals surface area contributed by atoms with Crippen molar-refractivity contribution in [2.24, 2.45) is 0 Å². The minimum Gasteiger partial charge on any atom is -0.478 e. The van der Waals surface area contributed by atoms with Crippen LogP contribution in [0.4, 0.5) is 24.8 Å². The SMILES string of the molecule is CC1(C)C(=O)N(c2ncccn2)c2cccc(-c3ccc(C(F)(F)F)c(C(=O)O)c3)c21. The van der Waals surface area contributed by atoms with Crippen LogP contribution in [0.5, 0.6) is 0 Å². The van der Waals surface area contributed by atoms with E-state index in [1.54, 1.807) is 38.1 Å². The largest absolute Gasteiger partial charge is 0.478 e. The van der Waals surface area contributed by atoms with Gasteiger partial charge in [0.15, 0.2) is 0 Å². The molecule has 2 aromatic carbocycles. The molecular weight excluding hydrogens is 411 g/mol. The van der Waals surface area contributed by atoms with Gasteiger partial charge in [0.1, 0.15) is 0 Å². The lowest BCUT2D eigenvalue weighted by Crippen LogP contribution is -2.34. The van der Waals surface area contributed by atoms with Gasteiger partial charge in [0.05, 0.1) is 22.2 Å². The number of carboxylic acids is 1. The standard InChI is InChI=1S/C22H16F3N3O3/c1-21(2)17-13(12-7-8-15(22(23,24)25)14(11-12)18(29)30)5-3-6-16(17)28(19(21)31)20-26-9-4-10-27-20/h3-11H,1-2H3,(H,29,30). The van der Waals surface area contributed by atoms with E-state index < -0.39 is 28.7 Å². The second-order valence-corrected chi connectivity index (χ2v) is 7.58. The number of anilines is 2. The number of amides is 1. The number of rotatable bonds is 3. The maximum absolute atomic E-state index is 13.2. The predicted molar refractivity (Wildman–Crippen MR) is 106 cm³/mol. The highest BCUT2D eigenvalue weighted by molar-refractivity contribution is 6.13. The molecule has 1 amide bonds. The lowest BCUT2D eigenvalue weighted by Gasteiger charge is -2.20. The highest BCUT2D eigenvalue weighted by atomic mass is 19.4. The molecule has 2 heterocycles. The summed E-state index contributed by atoms with van der Waals surface area (Å²) in [6.45, 7) is 3.39. The third kappa shape index (κ3) is 3.22. The molecule has 0 spiro atoms. The first-order valence-corrected chi connectivity index (χ1v) is 9.23. The van der Waals surface area contributed by atoms with Crippen LogP contribution in [0, 0.1) is 0 Å². The maximum atomic E-state index is 13.2. The molecule has 0 radical (unpaired) electrons. The number of nitrogens with zero attached hydrogens (tertiary/aromatic N) is 3. The summed E-state index contributed by atoms with van der Waals surface area (Å²) in [5.74, 6) is -1.81. The van der Waals surface area contributed by atoms with Crippen molar-refractivity contribution in [2.75, 3.05) is 4.90 Å². The predicted octanol–water partition coefficient (Wildman–Crippen LogP) is 4.82. The van der Waals surface area contributed by atoms with Gasteiger partial charge in [0, 0.05) is 12.4 Å². The number of aromatic carboxylic acids is 1. The van der Waals surface area contributed by atoms with Gasteiger partial charge in [-0.1, -0.05) is 18.2 Å². The fourth-order valence-corrected chi connectivity index (χ4v) is 3.86. The molecule has 3 aromatic rings. The zero-order valence-electron chi connectivity index (χ0n) is 16.4. The van der Waals surface area contributed by atoms with Gasteiger partial charge in [-0.25, -0.2) is 19.7 Å². The first-order valence-electron chi connectivity index (χ1n) is 9.23. The first-order chi connectivity index (χ1) is 14.5. The fourth-order valence-electron chi connectivity index (χ4n) is 3.86. The molecule has 1 aliphatic heterocycles. The smallest absolute Gasteiger partial charge is 0.417 e. The second kappa shape index (κ2) is 6.90. The highest BCUT2D eigenvalue weighted by Crippen LogP contribution is 2.49. The molecule has 9 heteroatoms. The molecule has 6 nitrogen and oxygen atoms in total. The lowest BCUT2D eigenvalue weighted by molar-refractivity contribution is -0.138. The van der Waals surface area contributed by atoms with E-state index in [2.05, 4.69) is 9.97 Å². The van der Waals surface area contributed by atoms with E-state index in [9.17, 15) is 27.9 Å². The molecule has 158 valence electrons. The molecule has 1 aliphatic rings. The molecule has 0 fully saturated rings. The Balaban J connectivity index is 1.95. The van der Waals surface area contributed by atoms with Gasteiger partial charge in [0.2, 0.25) is 11.9 Å². The Kier molecular flexibility index (Phi) is 4.57. The number of benzene rings is 2. The molecule has 0 saturated carbocycles. The quantitative estimate of drug-likeness (QED) is 0.648. The number of carboxylic acid groups (broad SMARTS) is 1. The number of carbonyl (C=O) groups excluding carboxylic acids is 1. The number of aromatic nitrogens is 2. The molecule has 0 bridgehead atoms.